The van der Waals surface area contributed by atoms with E-state index in [1.54, 1.807) is 36.4 Å². The fraction of sp³-hybridized carbons (Fsp3) is 0.231. The Morgan fingerprint density at radius 1 is 0.944 bits per heavy atom. The van der Waals surface area contributed by atoms with Crippen molar-refractivity contribution in [2.45, 2.75) is 18.4 Å². The summed E-state index contributed by atoms with van der Waals surface area (Å²) >= 11 is 0. The van der Waals surface area contributed by atoms with Gasteiger partial charge in [-0.2, -0.15) is 9.41 Å². The van der Waals surface area contributed by atoms with Crippen LogP contribution in [0, 0.1) is 6.92 Å². The average Bonchev–Trinajstić information content (AvgIpc) is 2.88. The summed E-state index contributed by atoms with van der Waals surface area (Å²) in [6, 6.07) is 18.9. The van der Waals surface area contributed by atoms with Crippen LogP contribution in [0.15, 0.2) is 76.7 Å². The number of nitrogens with zero attached hydrogens (tertiary/aromatic N) is 2. The first kappa shape index (κ1) is 26.7. The van der Waals surface area contributed by atoms with Crippen molar-refractivity contribution in [1.82, 2.24) is 9.73 Å². The number of hydrogen-bond acceptors (Lipinski definition) is 7. The van der Waals surface area contributed by atoms with Gasteiger partial charge in [-0.3, -0.25) is 4.79 Å². The van der Waals surface area contributed by atoms with Gasteiger partial charge in [-0.05, 0) is 36.8 Å². The van der Waals surface area contributed by atoms with Crippen molar-refractivity contribution < 1.29 is 27.4 Å². The van der Waals surface area contributed by atoms with Gasteiger partial charge in [0.1, 0.15) is 0 Å². The maximum atomic E-state index is 13.3. The Bertz CT molecular complexity index is 1280. The first-order valence-electron chi connectivity index (χ1n) is 11.0. The summed E-state index contributed by atoms with van der Waals surface area (Å²) in [4.78, 5) is 12.8. The van der Waals surface area contributed by atoms with Gasteiger partial charge < -0.3 is 14.2 Å². The van der Waals surface area contributed by atoms with Crippen molar-refractivity contribution >= 4 is 22.1 Å². The molecular formula is C26H29N3O6S. The van der Waals surface area contributed by atoms with E-state index in [0.717, 1.165) is 15.4 Å². The van der Waals surface area contributed by atoms with Crippen LogP contribution in [0.1, 0.15) is 16.7 Å². The van der Waals surface area contributed by atoms with Crippen molar-refractivity contribution in [2.75, 3.05) is 27.9 Å². The monoisotopic (exact) mass is 511 g/mol. The number of hydrogen-bond donors (Lipinski definition) is 1. The van der Waals surface area contributed by atoms with Crippen LogP contribution in [-0.2, 0) is 21.4 Å². The maximum absolute atomic E-state index is 13.3. The second-order valence-electron chi connectivity index (χ2n) is 7.82. The van der Waals surface area contributed by atoms with E-state index >= 15 is 0 Å². The molecule has 0 aromatic heterocycles. The largest absolute Gasteiger partial charge is 0.493 e. The number of aryl methyl sites for hydroxylation is 1. The second kappa shape index (κ2) is 12.2. The van der Waals surface area contributed by atoms with E-state index in [1.165, 1.54) is 39.7 Å². The van der Waals surface area contributed by atoms with Crippen LogP contribution >= 0.6 is 0 Å². The lowest BCUT2D eigenvalue weighted by Gasteiger charge is -2.21. The molecule has 3 aromatic rings. The van der Waals surface area contributed by atoms with Crippen molar-refractivity contribution in [3.8, 4) is 17.2 Å². The van der Waals surface area contributed by atoms with Gasteiger partial charge >= 0.3 is 0 Å². The molecule has 0 radical (unpaired) electrons. The fourth-order valence-corrected chi connectivity index (χ4v) is 4.81. The normalized spacial score (nSPS) is 11.5. The first-order valence-corrected chi connectivity index (χ1v) is 12.4. The predicted molar refractivity (Wildman–Crippen MR) is 137 cm³/mol. The molecule has 0 aliphatic heterocycles. The van der Waals surface area contributed by atoms with Crippen LogP contribution in [0.3, 0.4) is 0 Å². The Morgan fingerprint density at radius 2 is 1.56 bits per heavy atom. The first-order chi connectivity index (χ1) is 17.3. The zero-order chi connectivity index (χ0) is 26.1. The highest BCUT2D eigenvalue weighted by molar-refractivity contribution is 7.89. The van der Waals surface area contributed by atoms with Crippen molar-refractivity contribution in [3.63, 3.8) is 0 Å². The lowest BCUT2D eigenvalue weighted by molar-refractivity contribution is -0.121. The van der Waals surface area contributed by atoms with Crippen LogP contribution in [0.5, 0.6) is 17.2 Å². The summed E-state index contributed by atoms with van der Waals surface area (Å²) in [5.41, 5.74) is 4.66. The minimum Gasteiger partial charge on any atom is -0.493 e. The Balaban J connectivity index is 1.79. The number of methoxy groups -OCH3 is 3. The minimum absolute atomic E-state index is 0.0288. The molecule has 190 valence electrons. The molecule has 1 amide bonds. The number of amides is 1. The predicted octanol–water partition coefficient (Wildman–Crippen LogP) is 3.36. The van der Waals surface area contributed by atoms with Crippen LogP contribution in [0.2, 0.25) is 0 Å². The molecule has 0 bridgehead atoms. The van der Waals surface area contributed by atoms with E-state index in [4.69, 9.17) is 14.2 Å². The molecule has 0 aliphatic rings. The summed E-state index contributed by atoms with van der Waals surface area (Å²) in [7, 11) is 0.552. The molecule has 0 heterocycles. The van der Waals surface area contributed by atoms with Gasteiger partial charge in [0.15, 0.2) is 11.5 Å². The number of rotatable bonds is 11. The molecule has 0 unspecified atom stereocenters. The molecule has 0 atom stereocenters. The van der Waals surface area contributed by atoms with E-state index in [9.17, 15) is 13.2 Å². The molecule has 1 N–H and O–H groups in total. The summed E-state index contributed by atoms with van der Waals surface area (Å²) in [5, 5.41) is 3.98. The minimum atomic E-state index is -3.94. The molecular weight excluding hydrogens is 482 g/mol. The second-order valence-corrected chi connectivity index (χ2v) is 9.76. The van der Waals surface area contributed by atoms with Crippen molar-refractivity contribution in [3.05, 3.63) is 83.4 Å². The lowest BCUT2D eigenvalue weighted by atomic mass is 10.2. The molecule has 36 heavy (non-hydrogen) atoms. The molecule has 0 fully saturated rings. The topological polar surface area (TPSA) is 107 Å². The third kappa shape index (κ3) is 6.61. The van der Waals surface area contributed by atoms with Gasteiger partial charge in [0.05, 0.1) is 39.0 Å². The highest BCUT2D eigenvalue weighted by atomic mass is 32.2. The van der Waals surface area contributed by atoms with Crippen LogP contribution in [0.25, 0.3) is 0 Å². The molecule has 0 aliphatic carbocycles. The number of benzene rings is 3. The van der Waals surface area contributed by atoms with Crippen molar-refractivity contribution in [2.24, 2.45) is 5.10 Å². The van der Waals surface area contributed by atoms with E-state index in [0.29, 0.717) is 22.8 Å². The Morgan fingerprint density at radius 3 is 2.11 bits per heavy atom. The van der Waals surface area contributed by atoms with Crippen molar-refractivity contribution in [1.29, 1.82) is 0 Å². The highest BCUT2D eigenvalue weighted by Crippen LogP contribution is 2.37. The fourth-order valence-electron chi connectivity index (χ4n) is 3.42. The van der Waals surface area contributed by atoms with Gasteiger partial charge in [-0.1, -0.05) is 48.0 Å². The van der Waals surface area contributed by atoms with Gasteiger partial charge in [0.2, 0.25) is 15.8 Å². The summed E-state index contributed by atoms with van der Waals surface area (Å²) in [6.45, 7) is 1.48. The number of hydrazone groups is 1. The third-order valence-corrected chi connectivity index (χ3v) is 7.08. The summed E-state index contributed by atoms with van der Waals surface area (Å²) in [5.74, 6) is 0.704. The number of sulfonamides is 1. The number of nitrogens with one attached hydrogen (secondary N) is 1. The Hall–Kier alpha value is -3.89. The molecule has 10 heteroatoms. The van der Waals surface area contributed by atoms with Crippen LogP contribution < -0.4 is 19.6 Å². The van der Waals surface area contributed by atoms with Gasteiger partial charge in [-0.15, -0.1) is 0 Å². The van der Waals surface area contributed by atoms with Gasteiger partial charge in [-0.25, -0.2) is 13.8 Å². The molecule has 0 saturated heterocycles. The number of carbonyl (C=O) groups is 1. The number of carbonyl (C=O) groups excluding carboxylic acids is 1. The maximum Gasteiger partial charge on any atom is 0.255 e. The van der Waals surface area contributed by atoms with E-state index in [2.05, 4.69) is 10.5 Å². The summed E-state index contributed by atoms with van der Waals surface area (Å²) < 4.78 is 43.7. The molecule has 0 saturated carbocycles. The zero-order valence-electron chi connectivity index (χ0n) is 20.6. The van der Waals surface area contributed by atoms with E-state index in [-0.39, 0.29) is 11.4 Å². The Kier molecular flexibility index (Phi) is 9.04. The highest BCUT2D eigenvalue weighted by Gasteiger charge is 2.27. The zero-order valence-corrected chi connectivity index (χ0v) is 21.4. The molecule has 9 nitrogen and oxygen atoms in total. The van der Waals surface area contributed by atoms with Gasteiger partial charge in [0, 0.05) is 12.1 Å². The smallest absolute Gasteiger partial charge is 0.255 e. The molecule has 3 aromatic carbocycles. The number of ether oxygens (including phenoxy) is 3. The van der Waals surface area contributed by atoms with E-state index in [1.807, 2.05) is 25.1 Å². The summed E-state index contributed by atoms with van der Waals surface area (Å²) in [6.07, 6.45) is 1.40. The lowest BCUT2D eigenvalue weighted by Crippen LogP contribution is -2.39. The standard InChI is InChI=1S/C26H29N3O6S/c1-19-10-12-22(13-11-19)36(31,32)29(17-20-8-6-5-7-9-20)18-25(30)28-27-16-21-14-23(33-2)26(35-4)24(15-21)34-3/h5-16H,17-18H2,1-4H3,(H,28,30). The van der Waals surface area contributed by atoms with Crippen LogP contribution in [-0.4, -0.2) is 52.7 Å². The van der Waals surface area contributed by atoms with Gasteiger partial charge in [0.25, 0.3) is 5.91 Å². The van der Waals surface area contributed by atoms with Crippen LogP contribution in [0.4, 0.5) is 0 Å². The molecule has 3 rings (SSSR count). The quantitative estimate of drug-likeness (QED) is 0.313. The SMILES string of the molecule is COc1cc(C=NNC(=O)CN(Cc2ccccc2)S(=O)(=O)c2ccc(C)cc2)cc(OC)c1OC. The molecule has 0 spiro atoms. The Labute approximate surface area is 211 Å². The average molecular weight is 512 g/mol. The van der Waals surface area contributed by atoms with E-state index < -0.39 is 22.5 Å². The third-order valence-electron chi connectivity index (χ3n) is 5.27.